The molecule has 1 fully saturated rings. The summed E-state index contributed by atoms with van der Waals surface area (Å²) < 4.78 is 13.1. The third kappa shape index (κ3) is 4.47. The Morgan fingerprint density at radius 2 is 1.26 bits per heavy atom. The van der Waals surface area contributed by atoms with E-state index in [1.54, 1.807) is 0 Å². The zero-order valence-electron chi connectivity index (χ0n) is 21.2. The van der Waals surface area contributed by atoms with Crippen LogP contribution in [0.3, 0.4) is 0 Å². The average Bonchev–Trinajstić information content (AvgIpc) is 2.89. The predicted molar refractivity (Wildman–Crippen MR) is 144 cm³/mol. The summed E-state index contributed by atoms with van der Waals surface area (Å²) >= 11 is 0. The number of benzene rings is 3. The maximum absolute atomic E-state index is 6.88. The molecule has 5 heteroatoms. The van der Waals surface area contributed by atoms with Gasteiger partial charge in [0.2, 0.25) is 0 Å². The van der Waals surface area contributed by atoms with Gasteiger partial charge >= 0.3 is 6.08 Å². The summed E-state index contributed by atoms with van der Waals surface area (Å²) in [4.78, 5) is 9.20. The van der Waals surface area contributed by atoms with Crippen LogP contribution in [0.15, 0.2) is 77.8 Å². The summed E-state index contributed by atoms with van der Waals surface area (Å²) in [7, 11) is 8.22. The van der Waals surface area contributed by atoms with E-state index >= 15 is 0 Å². The highest BCUT2D eigenvalue weighted by atomic mass is 16.7. The zero-order chi connectivity index (χ0) is 24.4. The van der Waals surface area contributed by atoms with Crippen molar-refractivity contribution in [1.29, 1.82) is 0 Å². The minimum Gasteiger partial charge on any atom is -0.429 e. The molecule has 3 aromatic rings. The second kappa shape index (κ2) is 9.65. The van der Waals surface area contributed by atoms with Gasteiger partial charge in [0.15, 0.2) is 5.60 Å². The van der Waals surface area contributed by atoms with Crippen LogP contribution in [0.25, 0.3) is 0 Å². The molecule has 0 aromatic heterocycles. The maximum atomic E-state index is 6.88. The molecular formula is C30H35N3O2. The zero-order valence-corrected chi connectivity index (χ0v) is 21.2. The summed E-state index contributed by atoms with van der Waals surface area (Å²) in [6.45, 7) is 0. The summed E-state index contributed by atoms with van der Waals surface area (Å²) in [5, 5.41) is 0. The van der Waals surface area contributed by atoms with Crippen molar-refractivity contribution in [2.45, 2.75) is 43.7 Å². The van der Waals surface area contributed by atoms with Crippen molar-refractivity contribution in [1.82, 2.24) is 0 Å². The number of ether oxygens (including phenoxy) is 2. The van der Waals surface area contributed by atoms with Crippen LogP contribution < -0.4 is 14.5 Å². The molecule has 182 valence electrons. The van der Waals surface area contributed by atoms with Crippen LogP contribution in [-0.4, -0.2) is 40.3 Å². The lowest BCUT2D eigenvalue weighted by Crippen LogP contribution is -2.41. The standard InChI is InChI=1S/C30H35N3O2/c1-32(2)25-18-14-22(15-19-25)30(23-16-20-26(21-17-23)33(3)4)27-12-8-9-13-28(27)34-29(35-30)31-24-10-6-5-7-11-24/h8-9,12-21,24H,5-7,10-11H2,1-4H3. The molecule has 2 aliphatic rings. The molecule has 0 saturated heterocycles. The molecule has 0 bridgehead atoms. The van der Waals surface area contributed by atoms with Crippen molar-refractivity contribution in [2.24, 2.45) is 4.99 Å². The summed E-state index contributed by atoms with van der Waals surface area (Å²) in [5.41, 5.74) is 4.50. The van der Waals surface area contributed by atoms with Crippen LogP contribution >= 0.6 is 0 Å². The fourth-order valence-electron chi connectivity index (χ4n) is 5.14. The number of hydrogen-bond donors (Lipinski definition) is 0. The molecule has 0 unspecified atom stereocenters. The highest BCUT2D eigenvalue weighted by molar-refractivity contribution is 5.77. The molecule has 5 nitrogen and oxygen atoms in total. The van der Waals surface area contributed by atoms with Crippen LogP contribution in [0.4, 0.5) is 11.4 Å². The Hall–Kier alpha value is -3.47. The Bertz CT molecular complexity index is 1130. The van der Waals surface area contributed by atoms with E-state index in [-0.39, 0.29) is 6.04 Å². The number of rotatable bonds is 5. The van der Waals surface area contributed by atoms with Crippen molar-refractivity contribution >= 4 is 17.5 Å². The molecule has 0 N–H and O–H groups in total. The maximum Gasteiger partial charge on any atom is 0.391 e. The first-order valence-corrected chi connectivity index (χ1v) is 12.6. The van der Waals surface area contributed by atoms with E-state index in [0.717, 1.165) is 46.7 Å². The molecule has 3 aromatic carbocycles. The van der Waals surface area contributed by atoms with Gasteiger partial charge in [-0.2, -0.15) is 0 Å². The monoisotopic (exact) mass is 469 g/mol. The van der Waals surface area contributed by atoms with Crippen molar-refractivity contribution in [3.63, 3.8) is 0 Å². The van der Waals surface area contributed by atoms with E-state index in [4.69, 9.17) is 14.5 Å². The predicted octanol–water partition coefficient (Wildman–Crippen LogP) is 6.21. The van der Waals surface area contributed by atoms with E-state index in [1.807, 2.05) is 18.2 Å². The quantitative estimate of drug-likeness (QED) is 0.445. The normalized spacial score (nSPS) is 18.3. The van der Waals surface area contributed by atoms with Gasteiger partial charge in [-0.3, -0.25) is 0 Å². The molecule has 0 radical (unpaired) electrons. The van der Waals surface area contributed by atoms with Crippen LogP contribution in [0.1, 0.15) is 48.8 Å². The van der Waals surface area contributed by atoms with E-state index in [0.29, 0.717) is 6.08 Å². The Labute approximate surface area is 209 Å². The first-order valence-electron chi connectivity index (χ1n) is 12.6. The number of hydrogen-bond acceptors (Lipinski definition) is 5. The van der Waals surface area contributed by atoms with Gasteiger partial charge in [0.05, 0.1) is 6.04 Å². The fourth-order valence-corrected chi connectivity index (χ4v) is 5.14. The fraction of sp³-hybridized carbons (Fsp3) is 0.367. The Morgan fingerprint density at radius 1 is 0.714 bits per heavy atom. The summed E-state index contributed by atoms with van der Waals surface area (Å²) in [5.74, 6) is 0.793. The van der Waals surface area contributed by atoms with Crippen LogP contribution in [0, 0.1) is 0 Å². The van der Waals surface area contributed by atoms with Crippen molar-refractivity contribution < 1.29 is 9.47 Å². The number of anilines is 2. The lowest BCUT2D eigenvalue weighted by molar-refractivity contribution is 0.0806. The topological polar surface area (TPSA) is 37.3 Å². The Kier molecular flexibility index (Phi) is 6.42. The lowest BCUT2D eigenvalue weighted by Gasteiger charge is -2.40. The van der Waals surface area contributed by atoms with E-state index in [9.17, 15) is 0 Å². The lowest BCUT2D eigenvalue weighted by atomic mass is 9.79. The minimum atomic E-state index is -0.863. The average molecular weight is 470 g/mol. The highest BCUT2D eigenvalue weighted by Crippen LogP contribution is 2.48. The van der Waals surface area contributed by atoms with Gasteiger partial charge in [-0.25, -0.2) is 4.99 Å². The Morgan fingerprint density at radius 3 is 1.80 bits per heavy atom. The second-order valence-corrected chi connectivity index (χ2v) is 9.95. The largest absolute Gasteiger partial charge is 0.429 e. The number of aliphatic imine (C=N–C) groups is 1. The molecule has 1 aliphatic carbocycles. The van der Waals surface area contributed by atoms with Gasteiger partial charge in [0.1, 0.15) is 5.75 Å². The minimum absolute atomic E-state index is 0.244. The number of nitrogens with zero attached hydrogens (tertiary/aromatic N) is 3. The van der Waals surface area contributed by atoms with Crippen LogP contribution in [-0.2, 0) is 10.3 Å². The van der Waals surface area contributed by atoms with E-state index in [2.05, 4.69) is 92.6 Å². The van der Waals surface area contributed by atoms with Gasteiger partial charge in [-0.05, 0) is 43.2 Å². The van der Waals surface area contributed by atoms with Crippen LogP contribution in [0.2, 0.25) is 0 Å². The van der Waals surface area contributed by atoms with Gasteiger partial charge in [0.25, 0.3) is 0 Å². The number of para-hydroxylation sites is 1. The third-order valence-corrected chi connectivity index (χ3v) is 7.15. The van der Waals surface area contributed by atoms with Gasteiger partial charge < -0.3 is 19.3 Å². The van der Waals surface area contributed by atoms with Crippen LogP contribution in [0.5, 0.6) is 5.75 Å². The molecule has 0 spiro atoms. The first-order chi connectivity index (χ1) is 17.0. The highest BCUT2D eigenvalue weighted by Gasteiger charge is 2.46. The van der Waals surface area contributed by atoms with Crippen molar-refractivity contribution in [3.05, 3.63) is 89.5 Å². The van der Waals surface area contributed by atoms with Crippen molar-refractivity contribution in [2.75, 3.05) is 38.0 Å². The molecule has 1 aliphatic heterocycles. The summed E-state index contributed by atoms with van der Waals surface area (Å²) in [6.07, 6.45) is 6.23. The second-order valence-electron chi connectivity index (χ2n) is 9.95. The number of fused-ring (bicyclic) bond motifs is 1. The first kappa shape index (κ1) is 23.3. The van der Waals surface area contributed by atoms with Gasteiger partial charge in [-0.15, -0.1) is 0 Å². The third-order valence-electron chi connectivity index (χ3n) is 7.15. The SMILES string of the molecule is CN(C)c1ccc(C2(c3ccc(N(C)C)cc3)OC(=NC3CCCCC3)Oc3ccccc32)cc1. The molecular weight excluding hydrogens is 434 g/mol. The van der Waals surface area contributed by atoms with E-state index in [1.165, 1.54) is 19.3 Å². The Balaban J connectivity index is 1.69. The molecule has 0 atom stereocenters. The van der Waals surface area contributed by atoms with Gasteiger partial charge in [-0.1, -0.05) is 61.7 Å². The van der Waals surface area contributed by atoms with Crippen molar-refractivity contribution in [3.8, 4) is 5.75 Å². The molecule has 0 amide bonds. The van der Waals surface area contributed by atoms with E-state index < -0.39 is 5.60 Å². The summed E-state index contributed by atoms with van der Waals surface area (Å²) in [6, 6.07) is 25.6. The molecule has 1 saturated carbocycles. The van der Waals surface area contributed by atoms with Gasteiger partial charge in [0, 0.05) is 56.3 Å². The smallest absolute Gasteiger partial charge is 0.391 e. The molecule has 1 heterocycles. The molecule has 5 rings (SSSR count). The molecule has 35 heavy (non-hydrogen) atoms.